The Labute approximate surface area is 178 Å². The van der Waals surface area contributed by atoms with Gasteiger partial charge >= 0.3 is 0 Å². The van der Waals surface area contributed by atoms with E-state index in [1.807, 2.05) is 56.3 Å². The zero-order valence-corrected chi connectivity index (χ0v) is 18.3. The third-order valence-electron chi connectivity index (χ3n) is 5.12. The highest BCUT2D eigenvalue weighted by molar-refractivity contribution is 7.90. The second-order valence-electron chi connectivity index (χ2n) is 7.30. The molecule has 0 bridgehead atoms. The van der Waals surface area contributed by atoms with Crippen molar-refractivity contribution in [3.05, 3.63) is 72.3 Å². The van der Waals surface area contributed by atoms with Crippen molar-refractivity contribution in [1.82, 2.24) is 5.32 Å². The third kappa shape index (κ3) is 5.00. The van der Waals surface area contributed by atoms with E-state index in [0.29, 0.717) is 18.6 Å². The molecule has 3 aromatic rings. The van der Waals surface area contributed by atoms with E-state index in [9.17, 15) is 13.2 Å². The molecule has 30 heavy (non-hydrogen) atoms. The van der Waals surface area contributed by atoms with E-state index in [1.165, 1.54) is 6.26 Å². The van der Waals surface area contributed by atoms with Gasteiger partial charge in [0.05, 0.1) is 10.9 Å². The Morgan fingerprint density at radius 2 is 1.60 bits per heavy atom. The first-order chi connectivity index (χ1) is 14.3. The molecular weight excluding hydrogens is 398 g/mol. The summed E-state index contributed by atoms with van der Waals surface area (Å²) in [4.78, 5) is 13.2. The number of sulfone groups is 1. The molecular formula is C24H27NO4S. The van der Waals surface area contributed by atoms with Crippen LogP contribution in [0, 0.1) is 0 Å². The third-order valence-corrected chi connectivity index (χ3v) is 6.25. The van der Waals surface area contributed by atoms with Gasteiger partial charge in [-0.25, -0.2) is 8.42 Å². The van der Waals surface area contributed by atoms with Gasteiger partial charge in [0.25, 0.3) is 5.91 Å². The first-order valence-corrected chi connectivity index (χ1v) is 12.0. The lowest BCUT2D eigenvalue weighted by Crippen LogP contribution is -2.40. The van der Waals surface area contributed by atoms with Crippen molar-refractivity contribution in [1.29, 1.82) is 0 Å². The van der Waals surface area contributed by atoms with Gasteiger partial charge in [0.1, 0.15) is 5.75 Å². The number of carbonyl (C=O) groups is 1. The maximum absolute atomic E-state index is 13.0. The highest BCUT2D eigenvalue weighted by Crippen LogP contribution is 2.27. The summed E-state index contributed by atoms with van der Waals surface area (Å²) in [6, 6.07) is 20.1. The molecule has 1 amide bonds. The highest BCUT2D eigenvalue weighted by Gasteiger charge is 2.23. The maximum Gasteiger partial charge on any atom is 0.261 e. The van der Waals surface area contributed by atoms with Crippen LogP contribution >= 0.6 is 0 Å². The minimum Gasteiger partial charge on any atom is -0.480 e. The average molecular weight is 426 g/mol. The SMILES string of the molecule is CC[C@H](Oc1cccc2ccccc12)C(=O)N[C@@H](CC)c1ccc(S(C)(=O)=O)cc1. The Hall–Kier alpha value is -2.86. The monoisotopic (exact) mass is 425 g/mol. The molecule has 158 valence electrons. The number of nitrogens with one attached hydrogen (secondary N) is 1. The first kappa shape index (κ1) is 21.8. The molecule has 1 N–H and O–H groups in total. The second kappa shape index (κ2) is 9.30. The van der Waals surface area contributed by atoms with Gasteiger partial charge in [0, 0.05) is 11.6 Å². The van der Waals surface area contributed by atoms with Crippen molar-refractivity contribution in [3.63, 3.8) is 0 Å². The predicted octanol–water partition coefficient (Wildman–Crippen LogP) is 4.67. The van der Waals surface area contributed by atoms with E-state index in [1.54, 1.807) is 24.3 Å². The number of hydrogen-bond acceptors (Lipinski definition) is 4. The van der Waals surface area contributed by atoms with Gasteiger partial charge in [-0.05, 0) is 42.0 Å². The maximum atomic E-state index is 13.0. The van der Waals surface area contributed by atoms with Crippen molar-refractivity contribution < 1.29 is 17.9 Å². The largest absolute Gasteiger partial charge is 0.480 e. The number of ether oxygens (including phenoxy) is 1. The van der Waals surface area contributed by atoms with E-state index >= 15 is 0 Å². The fourth-order valence-electron chi connectivity index (χ4n) is 3.41. The molecule has 0 aromatic heterocycles. The molecule has 0 saturated carbocycles. The molecule has 0 radical (unpaired) electrons. The summed E-state index contributed by atoms with van der Waals surface area (Å²) in [5.41, 5.74) is 0.860. The summed E-state index contributed by atoms with van der Waals surface area (Å²) >= 11 is 0. The van der Waals surface area contributed by atoms with Crippen LogP contribution in [-0.2, 0) is 14.6 Å². The minimum atomic E-state index is -3.25. The van der Waals surface area contributed by atoms with E-state index in [0.717, 1.165) is 16.3 Å². The normalized spacial score (nSPS) is 13.6. The summed E-state index contributed by atoms with van der Waals surface area (Å²) in [6.07, 6.45) is 1.75. The van der Waals surface area contributed by atoms with Gasteiger partial charge in [-0.15, -0.1) is 0 Å². The summed E-state index contributed by atoms with van der Waals surface area (Å²) in [6.45, 7) is 3.89. The van der Waals surface area contributed by atoms with Crippen LogP contribution in [0.25, 0.3) is 10.8 Å². The van der Waals surface area contributed by atoms with E-state index in [2.05, 4.69) is 5.32 Å². The number of carbonyl (C=O) groups excluding carboxylic acids is 1. The van der Waals surface area contributed by atoms with Crippen molar-refractivity contribution in [2.75, 3.05) is 6.26 Å². The molecule has 0 saturated heterocycles. The van der Waals surface area contributed by atoms with Crippen molar-refractivity contribution >= 4 is 26.5 Å². The Kier molecular flexibility index (Phi) is 6.77. The van der Waals surface area contributed by atoms with Gasteiger partial charge < -0.3 is 10.1 Å². The minimum absolute atomic E-state index is 0.190. The lowest BCUT2D eigenvalue weighted by molar-refractivity contribution is -0.128. The van der Waals surface area contributed by atoms with Gasteiger partial charge in [-0.3, -0.25) is 4.79 Å². The molecule has 0 heterocycles. The van der Waals surface area contributed by atoms with Crippen LogP contribution in [0.1, 0.15) is 38.3 Å². The molecule has 0 spiro atoms. The van der Waals surface area contributed by atoms with Crippen LogP contribution in [0.3, 0.4) is 0 Å². The Morgan fingerprint density at radius 3 is 2.23 bits per heavy atom. The van der Waals surface area contributed by atoms with Crippen molar-refractivity contribution in [2.45, 2.75) is 43.7 Å². The van der Waals surface area contributed by atoms with Crippen molar-refractivity contribution in [2.24, 2.45) is 0 Å². The van der Waals surface area contributed by atoms with Gasteiger partial charge in [0.15, 0.2) is 15.9 Å². The standard InChI is InChI=1S/C24H27NO4S/c1-4-21(18-13-15-19(16-14-18)30(3,27)28)25-24(26)22(5-2)29-23-12-8-10-17-9-6-7-11-20(17)23/h6-16,21-22H,4-5H2,1-3H3,(H,25,26)/t21-,22-/m0/s1. The fraction of sp³-hybridized carbons (Fsp3) is 0.292. The average Bonchev–Trinajstić information content (AvgIpc) is 2.75. The molecule has 3 rings (SSSR count). The lowest BCUT2D eigenvalue weighted by atomic mass is 10.0. The smallest absolute Gasteiger partial charge is 0.261 e. The molecule has 5 nitrogen and oxygen atoms in total. The van der Waals surface area contributed by atoms with Crippen LogP contribution < -0.4 is 10.1 Å². The zero-order chi connectivity index (χ0) is 21.7. The summed E-state index contributed by atoms with van der Waals surface area (Å²) in [5.74, 6) is 0.491. The van der Waals surface area contributed by atoms with Crippen LogP contribution in [0.4, 0.5) is 0 Å². The summed E-state index contributed by atoms with van der Waals surface area (Å²) in [7, 11) is -3.25. The zero-order valence-electron chi connectivity index (χ0n) is 17.5. The molecule has 0 aliphatic heterocycles. The molecule has 0 fully saturated rings. The Bertz CT molecular complexity index is 1120. The number of rotatable bonds is 8. The molecule has 0 aliphatic rings. The Morgan fingerprint density at radius 1 is 0.933 bits per heavy atom. The first-order valence-electron chi connectivity index (χ1n) is 10.1. The van der Waals surface area contributed by atoms with Gasteiger partial charge in [-0.2, -0.15) is 0 Å². The number of hydrogen-bond donors (Lipinski definition) is 1. The summed E-state index contributed by atoms with van der Waals surface area (Å²) in [5, 5.41) is 5.07. The topological polar surface area (TPSA) is 72.5 Å². The van der Waals surface area contributed by atoms with Crippen LogP contribution in [0.2, 0.25) is 0 Å². The molecule has 6 heteroatoms. The van der Waals surface area contributed by atoms with Crippen LogP contribution in [0.5, 0.6) is 5.75 Å². The quantitative estimate of drug-likeness (QED) is 0.569. The van der Waals surface area contributed by atoms with Gasteiger partial charge in [0.2, 0.25) is 0 Å². The summed E-state index contributed by atoms with van der Waals surface area (Å²) < 4.78 is 29.4. The second-order valence-corrected chi connectivity index (χ2v) is 9.32. The number of fused-ring (bicyclic) bond motifs is 1. The van der Waals surface area contributed by atoms with E-state index < -0.39 is 15.9 Å². The van der Waals surface area contributed by atoms with Crippen LogP contribution in [-0.4, -0.2) is 26.7 Å². The molecule has 0 aliphatic carbocycles. The highest BCUT2D eigenvalue weighted by atomic mass is 32.2. The lowest BCUT2D eigenvalue weighted by Gasteiger charge is -2.23. The Balaban J connectivity index is 1.76. The molecule has 3 aromatic carbocycles. The van der Waals surface area contributed by atoms with E-state index in [4.69, 9.17) is 4.74 Å². The van der Waals surface area contributed by atoms with Gasteiger partial charge in [-0.1, -0.05) is 62.4 Å². The fourth-order valence-corrected chi connectivity index (χ4v) is 4.04. The van der Waals surface area contributed by atoms with Crippen molar-refractivity contribution in [3.8, 4) is 5.75 Å². The molecule has 2 atom stereocenters. The number of amides is 1. The van der Waals surface area contributed by atoms with E-state index in [-0.39, 0.29) is 16.8 Å². The number of benzene rings is 3. The molecule has 0 unspecified atom stereocenters. The van der Waals surface area contributed by atoms with Crippen LogP contribution in [0.15, 0.2) is 71.6 Å². The predicted molar refractivity (Wildman–Crippen MR) is 119 cm³/mol.